The van der Waals surface area contributed by atoms with E-state index in [0.29, 0.717) is 0 Å². The van der Waals surface area contributed by atoms with E-state index in [9.17, 15) is 4.39 Å². The maximum atomic E-state index is 13.6. The van der Waals surface area contributed by atoms with Crippen LogP contribution in [0.4, 0.5) is 4.39 Å². The topological polar surface area (TPSA) is 0 Å². The van der Waals surface area contributed by atoms with Crippen LogP contribution in [0, 0.1) is 5.92 Å². The van der Waals surface area contributed by atoms with Crippen LogP contribution in [-0.2, 0) is 0 Å². The molecule has 0 radical (unpaired) electrons. The number of halogens is 1. The summed E-state index contributed by atoms with van der Waals surface area (Å²) in [6.45, 7) is 4.06. The van der Waals surface area contributed by atoms with E-state index in [-0.39, 0.29) is 0 Å². The first-order valence-corrected chi connectivity index (χ1v) is 5.29. The van der Waals surface area contributed by atoms with E-state index in [1.807, 2.05) is 0 Å². The van der Waals surface area contributed by atoms with Gasteiger partial charge in [-0.2, -0.15) is 0 Å². The van der Waals surface area contributed by atoms with Gasteiger partial charge in [0.2, 0.25) is 0 Å². The Morgan fingerprint density at radius 3 is 2.42 bits per heavy atom. The van der Waals surface area contributed by atoms with E-state index in [1.54, 1.807) is 6.92 Å². The monoisotopic (exact) mass is 172 g/mol. The highest BCUT2D eigenvalue weighted by Crippen LogP contribution is 2.30. The zero-order valence-corrected chi connectivity index (χ0v) is 8.41. The van der Waals surface area contributed by atoms with Gasteiger partial charge in [-0.3, -0.25) is 0 Å². The Kier molecular flexibility index (Phi) is 3.54. The van der Waals surface area contributed by atoms with Gasteiger partial charge < -0.3 is 0 Å². The van der Waals surface area contributed by atoms with Gasteiger partial charge in [-0.05, 0) is 25.7 Å². The normalized spacial score (nSPS) is 39.8. The molecule has 1 heteroatoms. The van der Waals surface area contributed by atoms with Crippen molar-refractivity contribution in [3.05, 3.63) is 0 Å². The van der Waals surface area contributed by atoms with Gasteiger partial charge in [0.05, 0.1) is 0 Å². The zero-order chi connectivity index (χ0) is 9.03. The summed E-state index contributed by atoms with van der Waals surface area (Å²) >= 11 is 0. The summed E-state index contributed by atoms with van der Waals surface area (Å²) in [6.07, 6.45) is 7.46. The van der Waals surface area contributed by atoms with Gasteiger partial charge in [0.25, 0.3) is 0 Å². The van der Waals surface area contributed by atoms with Crippen LogP contribution in [0.5, 0.6) is 0 Å². The predicted octanol–water partition coefficient (Wildman–Crippen LogP) is 4.10. The molecule has 0 heterocycles. The molecule has 1 aliphatic carbocycles. The summed E-state index contributed by atoms with van der Waals surface area (Å²) in [5, 5.41) is 0. The first-order valence-electron chi connectivity index (χ1n) is 5.29. The number of hydrogen-bond donors (Lipinski definition) is 0. The van der Waals surface area contributed by atoms with Crippen molar-refractivity contribution in [2.45, 2.75) is 64.5 Å². The first kappa shape index (κ1) is 10.0. The highest BCUT2D eigenvalue weighted by Gasteiger charge is 2.23. The lowest BCUT2D eigenvalue weighted by molar-refractivity contribution is 0.155. The fraction of sp³-hybridized carbons (Fsp3) is 1.00. The molecule has 0 aromatic carbocycles. The van der Waals surface area contributed by atoms with E-state index in [1.165, 1.54) is 19.3 Å². The molecule has 1 fully saturated rings. The van der Waals surface area contributed by atoms with Crippen molar-refractivity contribution in [1.29, 1.82) is 0 Å². The molecule has 1 aliphatic rings. The Morgan fingerprint density at radius 2 is 1.67 bits per heavy atom. The van der Waals surface area contributed by atoms with Gasteiger partial charge in [0.15, 0.2) is 0 Å². The second-order valence-corrected chi connectivity index (χ2v) is 4.66. The molecule has 72 valence electrons. The van der Waals surface area contributed by atoms with Crippen molar-refractivity contribution >= 4 is 0 Å². The number of hydrogen-bond acceptors (Lipinski definition) is 0. The molecule has 0 saturated heterocycles. The molecule has 2 unspecified atom stereocenters. The van der Waals surface area contributed by atoms with Crippen LogP contribution in [-0.4, -0.2) is 5.67 Å². The maximum Gasteiger partial charge on any atom is 0.108 e. The zero-order valence-electron chi connectivity index (χ0n) is 8.41. The van der Waals surface area contributed by atoms with Crippen molar-refractivity contribution < 1.29 is 4.39 Å². The molecule has 0 N–H and O–H groups in total. The van der Waals surface area contributed by atoms with Crippen LogP contribution in [0.25, 0.3) is 0 Å². The summed E-state index contributed by atoms with van der Waals surface area (Å²) in [7, 11) is 0. The number of rotatable bonds is 0. The van der Waals surface area contributed by atoms with Crippen LogP contribution in [0.15, 0.2) is 0 Å². The minimum absolute atomic E-state index is 0.775. The molecule has 0 amide bonds. The summed E-state index contributed by atoms with van der Waals surface area (Å²) < 4.78 is 13.6. The van der Waals surface area contributed by atoms with Crippen molar-refractivity contribution in [2.75, 3.05) is 0 Å². The maximum absolute atomic E-state index is 13.6. The summed E-state index contributed by atoms with van der Waals surface area (Å²) in [5.74, 6) is 0.818. The molecule has 1 saturated carbocycles. The predicted molar refractivity (Wildman–Crippen MR) is 51.0 cm³/mol. The van der Waals surface area contributed by atoms with Gasteiger partial charge >= 0.3 is 0 Å². The molecular formula is C11H21F. The molecule has 0 spiro atoms. The fourth-order valence-corrected chi connectivity index (χ4v) is 2.07. The standard InChI is InChI=1S/C11H21F/c1-10-6-3-4-8-11(2,12)9-5-7-10/h10H,3-9H2,1-2H3. The molecule has 0 aromatic rings. The molecular weight excluding hydrogens is 151 g/mol. The van der Waals surface area contributed by atoms with E-state index in [2.05, 4.69) is 6.92 Å². The van der Waals surface area contributed by atoms with E-state index >= 15 is 0 Å². The average molecular weight is 172 g/mol. The van der Waals surface area contributed by atoms with Crippen LogP contribution in [0.2, 0.25) is 0 Å². The lowest BCUT2D eigenvalue weighted by Gasteiger charge is -2.18. The highest BCUT2D eigenvalue weighted by atomic mass is 19.1. The van der Waals surface area contributed by atoms with E-state index < -0.39 is 5.67 Å². The Balaban J connectivity index is 2.37. The highest BCUT2D eigenvalue weighted by molar-refractivity contribution is 4.75. The number of alkyl halides is 1. The molecule has 0 nitrogen and oxygen atoms in total. The van der Waals surface area contributed by atoms with Crippen LogP contribution in [0.3, 0.4) is 0 Å². The van der Waals surface area contributed by atoms with E-state index in [0.717, 1.165) is 31.6 Å². The summed E-state index contributed by atoms with van der Waals surface area (Å²) in [4.78, 5) is 0. The molecule has 12 heavy (non-hydrogen) atoms. The SMILES string of the molecule is CC1CCCCC(C)(F)CCC1. The lowest BCUT2D eigenvalue weighted by atomic mass is 9.95. The quantitative estimate of drug-likeness (QED) is 0.516. The Hall–Kier alpha value is -0.0700. The van der Waals surface area contributed by atoms with E-state index in [4.69, 9.17) is 0 Å². The van der Waals surface area contributed by atoms with Gasteiger partial charge in [-0.15, -0.1) is 0 Å². The average Bonchev–Trinajstić information content (AvgIpc) is 2.02. The van der Waals surface area contributed by atoms with Crippen LogP contribution in [0.1, 0.15) is 58.8 Å². The third-order valence-corrected chi connectivity index (χ3v) is 3.04. The van der Waals surface area contributed by atoms with Gasteiger partial charge in [0, 0.05) is 0 Å². The minimum atomic E-state index is -0.871. The van der Waals surface area contributed by atoms with Crippen molar-refractivity contribution in [3.8, 4) is 0 Å². The first-order chi connectivity index (χ1) is 5.60. The third kappa shape index (κ3) is 3.55. The van der Waals surface area contributed by atoms with Gasteiger partial charge in [0.1, 0.15) is 5.67 Å². The summed E-state index contributed by atoms with van der Waals surface area (Å²) in [6, 6.07) is 0. The van der Waals surface area contributed by atoms with Gasteiger partial charge in [-0.25, -0.2) is 4.39 Å². The van der Waals surface area contributed by atoms with Crippen molar-refractivity contribution in [3.63, 3.8) is 0 Å². The molecule has 0 bridgehead atoms. The minimum Gasteiger partial charge on any atom is -0.244 e. The summed E-state index contributed by atoms with van der Waals surface area (Å²) in [5.41, 5.74) is -0.871. The van der Waals surface area contributed by atoms with Crippen molar-refractivity contribution in [2.24, 2.45) is 5.92 Å². The smallest absolute Gasteiger partial charge is 0.108 e. The second-order valence-electron chi connectivity index (χ2n) is 4.66. The lowest BCUT2D eigenvalue weighted by Crippen LogP contribution is -2.16. The van der Waals surface area contributed by atoms with Crippen LogP contribution >= 0.6 is 0 Å². The van der Waals surface area contributed by atoms with Gasteiger partial charge in [-0.1, -0.05) is 39.0 Å². The molecule has 2 atom stereocenters. The Morgan fingerprint density at radius 1 is 1.08 bits per heavy atom. The third-order valence-electron chi connectivity index (χ3n) is 3.04. The molecule has 0 aromatic heterocycles. The Bertz CT molecular complexity index is 129. The molecule has 1 rings (SSSR count). The van der Waals surface area contributed by atoms with Crippen LogP contribution < -0.4 is 0 Å². The largest absolute Gasteiger partial charge is 0.244 e. The Labute approximate surface area is 75.5 Å². The fourth-order valence-electron chi connectivity index (χ4n) is 2.07. The molecule has 0 aliphatic heterocycles. The van der Waals surface area contributed by atoms with Crippen molar-refractivity contribution in [1.82, 2.24) is 0 Å². The second kappa shape index (κ2) is 4.25.